The molecule has 0 heterocycles. The molecule has 0 amide bonds. The van der Waals surface area contributed by atoms with Crippen LogP contribution in [-0.4, -0.2) is 29.8 Å². The van der Waals surface area contributed by atoms with E-state index < -0.39 is 0 Å². The molecular formula is C17H21NO. The summed E-state index contributed by atoms with van der Waals surface area (Å²) >= 11 is 0. The van der Waals surface area contributed by atoms with Crippen LogP contribution in [0.4, 0.5) is 0 Å². The SMILES string of the molecule is CCN(CC)C1C=CC(C(=O)c2ccccc2)=CC1. The van der Waals surface area contributed by atoms with Crippen LogP contribution in [0.2, 0.25) is 0 Å². The number of likely N-dealkylation sites (N-methyl/N-ethyl adjacent to an activating group) is 1. The van der Waals surface area contributed by atoms with Crippen molar-refractivity contribution in [1.82, 2.24) is 4.90 Å². The highest BCUT2D eigenvalue weighted by Crippen LogP contribution is 2.19. The molecule has 100 valence electrons. The van der Waals surface area contributed by atoms with Crippen LogP contribution in [0.5, 0.6) is 0 Å². The maximum atomic E-state index is 12.3. The van der Waals surface area contributed by atoms with Gasteiger partial charge in [-0.2, -0.15) is 0 Å². The molecule has 0 bridgehead atoms. The number of allylic oxidation sites excluding steroid dienone is 2. The Morgan fingerprint density at radius 3 is 2.42 bits per heavy atom. The predicted molar refractivity (Wildman–Crippen MR) is 79.3 cm³/mol. The topological polar surface area (TPSA) is 20.3 Å². The van der Waals surface area contributed by atoms with Crippen LogP contribution >= 0.6 is 0 Å². The number of rotatable bonds is 5. The number of nitrogens with zero attached hydrogens (tertiary/aromatic N) is 1. The van der Waals surface area contributed by atoms with E-state index in [1.165, 1.54) is 0 Å². The molecule has 0 saturated heterocycles. The van der Waals surface area contributed by atoms with Crippen molar-refractivity contribution in [1.29, 1.82) is 0 Å². The summed E-state index contributed by atoms with van der Waals surface area (Å²) < 4.78 is 0. The summed E-state index contributed by atoms with van der Waals surface area (Å²) in [5.74, 6) is 0.120. The van der Waals surface area contributed by atoms with Crippen LogP contribution in [0.1, 0.15) is 30.6 Å². The van der Waals surface area contributed by atoms with E-state index in [2.05, 4.69) is 30.9 Å². The Labute approximate surface area is 115 Å². The summed E-state index contributed by atoms with van der Waals surface area (Å²) in [6.07, 6.45) is 7.12. The second-order valence-corrected chi connectivity index (χ2v) is 4.74. The maximum absolute atomic E-state index is 12.3. The molecule has 1 aliphatic carbocycles. The highest BCUT2D eigenvalue weighted by molar-refractivity contribution is 6.10. The Hall–Kier alpha value is -1.67. The van der Waals surface area contributed by atoms with Crippen LogP contribution < -0.4 is 0 Å². The fourth-order valence-corrected chi connectivity index (χ4v) is 2.50. The lowest BCUT2D eigenvalue weighted by Crippen LogP contribution is -2.34. The molecule has 0 radical (unpaired) electrons. The van der Waals surface area contributed by atoms with Gasteiger partial charge in [0.25, 0.3) is 0 Å². The fraction of sp³-hybridized carbons (Fsp3) is 0.353. The molecule has 2 heteroatoms. The van der Waals surface area contributed by atoms with E-state index in [1.54, 1.807) is 0 Å². The van der Waals surface area contributed by atoms with Gasteiger partial charge in [-0.3, -0.25) is 9.69 Å². The van der Waals surface area contributed by atoms with Crippen LogP contribution in [0.15, 0.2) is 54.1 Å². The summed E-state index contributed by atoms with van der Waals surface area (Å²) in [6.45, 7) is 6.43. The standard InChI is InChI=1S/C17H21NO/c1-3-18(4-2)16-12-10-15(11-13-16)17(19)14-8-6-5-7-9-14/h5-12,16H,3-4,13H2,1-2H3. The number of carbonyl (C=O) groups excluding carboxylic acids is 1. The van der Waals surface area contributed by atoms with Gasteiger partial charge in [-0.25, -0.2) is 0 Å². The number of hydrogen-bond acceptors (Lipinski definition) is 2. The first kappa shape index (κ1) is 13.8. The molecule has 2 nitrogen and oxygen atoms in total. The second-order valence-electron chi connectivity index (χ2n) is 4.74. The van der Waals surface area contributed by atoms with Gasteiger partial charge in [-0.1, -0.05) is 62.4 Å². The lowest BCUT2D eigenvalue weighted by molar-refractivity contribution is 0.103. The van der Waals surface area contributed by atoms with Gasteiger partial charge in [-0.15, -0.1) is 0 Å². The lowest BCUT2D eigenvalue weighted by Gasteiger charge is -2.28. The Morgan fingerprint density at radius 1 is 1.21 bits per heavy atom. The van der Waals surface area contributed by atoms with Gasteiger partial charge >= 0.3 is 0 Å². The third-order valence-electron chi connectivity index (χ3n) is 3.66. The molecule has 19 heavy (non-hydrogen) atoms. The largest absolute Gasteiger partial charge is 0.297 e. The molecule has 0 saturated carbocycles. The van der Waals surface area contributed by atoms with Crippen LogP contribution in [-0.2, 0) is 0 Å². The van der Waals surface area contributed by atoms with Gasteiger partial charge in [0.05, 0.1) is 0 Å². The predicted octanol–water partition coefficient (Wildman–Crippen LogP) is 3.47. The minimum absolute atomic E-state index is 0.120. The van der Waals surface area contributed by atoms with Crippen molar-refractivity contribution in [2.75, 3.05) is 13.1 Å². The first-order valence-electron chi connectivity index (χ1n) is 6.98. The van der Waals surface area contributed by atoms with Crippen molar-refractivity contribution in [2.24, 2.45) is 0 Å². The zero-order chi connectivity index (χ0) is 13.7. The summed E-state index contributed by atoms with van der Waals surface area (Å²) in [6, 6.07) is 9.90. The molecule has 1 aromatic rings. The summed E-state index contributed by atoms with van der Waals surface area (Å²) in [4.78, 5) is 14.7. The van der Waals surface area contributed by atoms with E-state index in [0.717, 1.165) is 30.6 Å². The zero-order valence-corrected chi connectivity index (χ0v) is 11.7. The van der Waals surface area contributed by atoms with Crippen LogP contribution in [0, 0.1) is 0 Å². The highest BCUT2D eigenvalue weighted by atomic mass is 16.1. The van der Waals surface area contributed by atoms with Gasteiger partial charge in [0.1, 0.15) is 0 Å². The molecule has 0 aliphatic heterocycles. The Balaban J connectivity index is 2.06. The average Bonchev–Trinajstić information content (AvgIpc) is 2.49. The minimum Gasteiger partial charge on any atom is -0.297 e. The third kappa shape index (κ3) is 3.21. The molecule has 0 fully saturated rings. The van der Waals surface area contributed by atoms with Gasteiger partial charge in [0, 0.05) is 17.2 Å². The van der Waals surface area contributed by atoms with Crippen molar-refractivity contribution in [3.63, 3.8) is 0 Å². The van der Waals surface area contributed by atoms with Gasteiger partial charge in [0.2, 0.25) is 0 Å². The van der Waals surface area contributed by atoms with E-state index in [-0.39, 0.29) is 5.78 Å². The molecule has 0 spiro atoms. The van der Waals surface area contributed by atoms with Gasteiger partial charge in [0.15, 0.2) is 5.78 Å². The van der Waals surface area contributed by atoms with E-state index in [1.807, 2.05) is 36.4 Å². The zero-order valence-electron chi connectivity index (χ0n) is 11.7. The van der Waals surface area contributed by atoms with Gasteiger partial charge < -0.3 is 0 Å². The van der Waals surface area contributed by atoms with Crippen molar-refractivity contribution in [2.45, 2.75) is 26.3 Å². The molecule has 1 aromatic carbocycles. The Kier molecular flexibility index (Phi) is 4.69. The quantitative estimate of drug-likeness (QED) is 0.751. The van der Waals surface area contributed by atoms with Crippen molar-refractivity contribution in [3.05, 3.63) is 59.7 Å². The van der Waals surface area contributed by atoms with Crippen LogP contribution in [0.25, 0.3) is 0 Å². The Morgan fingerprint density at radius 2 is 1.89 bits per heavy atom. The molecule has 1 unspecified atom stereocenters. The summed E-state index contributed by atoms with van der Waals surface area (Å²) in [5.41, 5.74) is 1.58. The average molecular weight is 255 g/mol. The smallest absolute Gasteiger partial charge is 0.192 e. The molecule has 1 atom stereocenters. The minimum atomic E-state index is 0.120. The van der Waals surface area contributed by atoms with E-state index in [0.29, 0.717) is 6.04 Å². The second kappa shape index (κ2) is 6.48. The normalized spacial score (nSPS) is 18.5. The first-order valence-corrected chi connectivity index (χ1v) is 6.98. The molecule has 0 N–H and O–H groups in total. The summed E-state index contributed by atoms with van der Waals surface area (Å²) in [7, 11) is 0. The monoisotopic (exact) mass is 255 g/mol. The number of hydrogen-bond donors (Lipinski definition) is 0. The third-order valence-corrected chi connectivity index (χ3v) is 3.66. The number of benzene rings is 1. The molecule has 1 aliphatic rings. The maximum Gasteiger partial charge on any atom is 0.192 e. The number of ketones is 1. The van der Waals surface area contributed by atoms with Gasteiger partial charge in [-0.05, 0) is 19.5 Å². The molecule has 2 rings (SSSR count). The number of carbonyl (C=O) groups is 1. The van der Waals surface area contributed by atoms with Crippen molar-refractivity contribution >= 4 is 5.78 Å². The van der Waals surface area contributed by atoms with Crippen LogP contribution in [0.3, 0.4) is 0 Å². The Bertz CT molecular complexity index is 483. The highest BCUT2D eigenvalue weighted by Gasteiger charge is 2.17. The summed E-state index contributed by atoms with van der Waals surface area (Å²) in [5, 5.41) is 0. The first-order chi connectivity index (χ1) is 9.26. The van der Waals surface area contributed by atoms with E-state index >= 15 is 0 Å². The molecular weight excluding hydrogens is 234 g/mol. The van der Waals surface area contributed by atoms with E-state index in [4.69, 9.17) is 0 Å². The number of Topliss-reactive ketones (excluding diaryl/α,β-unsaturated/α-hetero) is 1. The van der Waals surface area contributed by atoms with Crippen molar-refractivity contribution in [3.8, 4) is 0 Å². The fourth-order valence-electron chi connectivity index (χ4n) is 2.50. The molecule has 0 aromatic heterocycles. The van der Waals surface area contributed by atoms with Crippen molar-refractivity contribution < 1.29 is 4.79 Å². The lowest BCUT2D eigenvalue weighted by atomic mass is 9.95. The van der Waals surface area contributed by atoms with E-state index in [9.17, 15) is 4.79 Å².